The molecule has 0 bridgehead atoms. The normalized spacial score (nSPS) is 13.3. The average Bonchev–Trinajstić information content (AvgIpc) is 2.95. The van der Waals surface area contributed by atoms with Crippen molar-refractivity contribution in [3.05, 3.63) is 65.4 Å². The van der Waals surface area contributed by atoms with E-state index in [1.165, 1.54) is 0 Å². The van der Waals surface area contributed by atoms with Gasteiger partial charge in [0.15, 0.2) is 0 Å². The van der Waals surface area contributed by atoms with Crippen LogP contribution in [0.3, 0.4) is 0 Å². The van der Waals surface area contributed by atoms with Gasteiger partial charge in [0.1, 0.15) is 5.82 Å². The standard InChI is InChI=1S/C28H36N6O4/c1-20-5-6-21(19-35)15-25(20)33(3)26-7-8-29-28(31-26)30-23-16-22(27(36)32(2)9-12-37-4)17-24(18-23)34-10-13-38-14-11-34/h5-8,15-18,35H,9-14,19H2,1-4H3,(H,29,30,31). The Balaban J connectivity index is 1.63. The van der Waals surface area contributed by atoms with Crippen LogP contribution in [-0.4, -0.2) is 86.5 Å². The van der Waals surface area contributed by atoms with E-state index in [-0.39, 0.29) is 12.5 Å². The van der Waals surface area contributed by atoms with Gasteiger partial charge in [0.05, 0.1) is 26.4 Å². The van der Waals surface area contributed by atoms with E-state index < -0.39 is 0 Å². The highest BCUT2D eigenvalue weighted by atomic mass is 16.5. The van der Waals surface area contributed by atoms with Gasteiger partial charge >= 0.3 is 0 Å². The van der Waals surface area contributed by atoms with Crippen LogP contribution >= 0.6 is 0 Å². The van der Waals surface area contributed by atoms with Crippen molar-refractivity contribution < 1.29 is 19.4 Å². The Morgan fingerprint density at radius 3 is 2.68 bits per heavy atom. The summed E-state index contributed by atoms with van der Waals surface area (Å²) in [6.07, 6.45) is 1.70. The van der Waals surface area contributed by atoms with Crippen molar-refractivity contribution >= 4 is 34.7 Å². The number of nitrogens with zero attached hydrogens (tertiary/aromatic N) is 5. The second-order valence-corrected chi connectivity index (χ2v) is 9.29. The Morgan fingerprint density at radius 2 is 1.95 bits per heavy atom. The van der Waals surface area contributed by atoms with E-state index in [1.54, 1.807) is 25.3 Å². The molecule has 2 heterocycles. The highest BCUT2D eigenvalue weighted by Crippen LogP contribution is 2.29. The fourth-order valence-corrected chi connectivity index (χ4v) is 4.32. The van der Waals surface area contributed by atoms with Crippen LogP contribution in [0.2, 0.25) is 0 Å². The first-order valence-corrected chi connectivity index (χ1v) is 12.7. The Hall–Kier alpha value is -3.73. The Kier molecular flexibility index (Phi) is 9.11. The van der Waals surface area contributed by atoms with Gasteiger partial charge in [0, 0.05) is 69.7 Å². The molecule has 1 aliphatic heterocycles. The molecule has 2 N–H and O–H groups in total. The van der Waals surface area contributed by atoms with Crippen molar-refractivity contribution in [1.82, 2.24) is 14.9 Å². The minimum Gasteiger partial charge on any atom is -0.392 e. The Bertz CT molecular complexity index is 1250. The predicted octanol–water partition coefficient (Wildman–Crippen LogP) is 3.34. The number of methoxy groups -OCH3 is 1. The molecular formula is C28H36N6O4. The van der Waals surface area contributed by atoms with Crippen molar-refractivity contribution in [1.29, 1.82) is 0 Å². The SMILES string of the molecule is COCCN(C)C(=O)c1cc(Nc2nccc(N(C)c3cc(CO)ccc3C)n2)cc(N2CCOCC2)c1. The lowest BCUT2D eigenvalue weighted by Gasteiger charge is -2.30. The summed E-state index contributed by atoms with van der Waals surface area (Å²) in [5.41, 5.74) is 5.07. The molecule has 3 aromatic rings. The largest absolute Gasteiger partial charge is 0.392 e. The maximum Gasteiger partial charge on any atom is 0.253 e. The van der Waals surface area contributed by atoms with E-state index in [1.807, 2.05) is 61.3 Å². The van der Waals surface area contributed by atoms with Gasteiger partial charge in [0.2, 0.25) is 5.95 Å². The van der Waals surface area contributed by atoms with E-state index in [0.717, 1.165) is 41.3 Å². The summed E-state index contributed by atoms with van der Waals surface area (Å²) in [6, 6.07) is 13.4. The first kappa shape index (κ1) is 27.3. The molecule has 10 nitrogen and oxygen atoms in total. The van der Waals surface area contributed by atoms with E-state index >= 15 is 0 Å². The average molecular weight is 521 g/mol. The molecule has 202 valence electrons. The van der Waals surface area contributed by atoms with E-state index in [9.17, 15) is 9.90 Å². The van der Waals surface area contributed by atoms with Crippen molar-refractivity contribution in [3.63, 3.8) is 0 Å². The third kappa shape index (κ3) is 6.58. The number of hydrogen-bond acceptors (Lipinski definition) is 9. The molecule has 0 unspecified atom stereocenters. The van der Waals surface area contributed by atoms with Crippen LogP contribution in [0.4, 0.5) is 28.8 Å². The van der Waals surface area contributed by atoms with Gasteiger partial charge in [-0.05, 0) is 48.4 Å². The third-order valence-corrected chi connectivity index (χ3v) is 6.58. The number of ether oxygens (including phenoxy) is 2. The number of aliphatic hydroxyl groups excluding tert-OH is 1. The topological polar surface area (TPSA) is 103 Å². The smallest absolute Gasteiger partial charge is 0.253 e. The van der Waals surface area contributed by atoms with Crippen molar-refractivity contribution in [2.24, 2.45) is 0 Å². The molecule has 0 spiro atoms. The van der Waals surface area contributed by atoms with Gasteiger partial charge in [-0.2, -0.15) is 4.98 Å². The second-order valence-electron chi connectivity index (χ2n) is 9.29. The van der Waals surface area contributed by atoms with Gasteiger partial charge < -0.3 is 34.6 Å². The predicted molar refractivity (Wildman–Crippen MR) is 149 cm³/mol. The number of aliphatic hydroxyl groups is 1. The van der Waals surface area contributed by atoms with Gasteiger partial charge in [-0.1, -0.05) is 12.1 Å². The molecule has 1 aromatic heterocycles. The summed E-state index contributed by atoms with van der Waals surface area (Å²) in [5, 5.41) is 12.9. The fraction of sp³-hybridized carbons (Fsp3) is 0.393. The summed E-state index contributed by atoms with van der Waals surface area (Å²) in [6.45, 7) is 5.73. The molecule has 1 fully saturated rings. The monoisotopic (exact) mass is 520 g/mol. The zero-order valence-corrected chi connectivity index (χ0v) is 22.5. The number of aromatic nitrogens is 2. The van der Waals surface area contributed by atoms with Gasteiger partial charge in [-0.15, -0.1) is 0 Å². The molecule has 2 aromatic carbocycles. The number of carbonyl (C=O) groups is 1. The van der Waals surface area contributed by atoms with Crippen LogP contribution in [-0.2, 0) is 16.1 Å². The number of nitrogens with one attached hydrogen (secondary N) is 1. The van der Waals surface area contributed by atoms with Crippen LogP contribution in [0.25, 0.3) is 0 Å². The number of likely N-dealkylation sites (N-methyl/N-ethyl adjacent to an activating group) is 1. The molecule has 0 atom stereocenters. The van der Waals surface area contributed by atoms with Gasteiger partial charge in [0.25, 0.3) is 5.91 Å². The molecule has 0 saturated carbocycles. The summed E-state index contributed by atoms with van der Waals surface area (Å²) in [7, 11) is 5.32. The fourth-order valence-electron chi connectivity index (χ4n) is 4.32. The molecule has 1 aliphatic rings. The minimum absolute atomic E-state index is 0.0289. The number of anilines is 5. The number of hydrogen-bond donors (Lipinski definition) is 2. The molecular weight excluding hydrogens is 484 g/mol. The molecule has 1 amide bonds. The summed E-state index contributed by atoms with van der Waals surface area (Å²) >= 11 is 0. The molecule has 10 heteroatoms. The molecule has 0 radical (unpaired) electrons. The quantitative estimate of drug-likeness (QED) is 0.417. The zero-order valence-electron chi connectivity index (χ0n) is 22.5. The molecule has 38 heavy (non-hydrogen) atoms. The first-order chi connectivity index (χ1) is 18.4. The summed E-state index contributed by atoms with van der Waals surface area (Å²) in [5.74, 6) is 1.02. The lowest BCUT2D eigenvalue weighted by molar-refractivity contribution is 0.0744. The van der Waals surface area contributed by atoms with Gasteiger partial charge in [-0.3, -0.25) is 4.79 Å². The molecule has 1 saturated heterocycles. The minimum atomic E-state index is -0.0890. The number of amides is 1. The maximum absolute atomic E-state index is 13.2. The summed E-state index contributed by atoms with van der Waals surface area (Å²) in [4.78, 5) is 28.2. The van der Waals surface area contributed by atoms with Gasteiger partial charge in [-0.25, -0.2) is 4.98 Å². The lowest BCUT2D eigenvalue weighted by atomic mass is 10.1. The van der Waals surface area contributed by atoms with E-state index in [2.05, 4.69) is 15.2 Å². The Morgan fingerprint density at radius 1 is 1.16 bits per heavy atom. The van der Waals surface area contributed by atoms with Crippen LogP contribution in [0.5, 0.6) is 0 Å². The number of carbonyl (C=O) groups excluding carboxylic acids is 1. The maximum atomic E-state index is 13.2. The van der Waals surface area contributed by atoms with Crippen molar-refractivity contribution in [2.75, 3.05) is 75.8 Å². The highest BCUT2D eigenvalue weighted by molar-refractivity contribution is 5.96. The third-order valence-electron chi connectivity index (χ3n) is 6.58. The van der Waals surface area contributed by atoms with Crippen LogP contribution in [0, 0.1) is 6.92 Å². The highest BCUT2D eigenvalue weighted by Gasteiger charge is 2.18. The van der Waals surface area contributed by atoms with Crippen LogP contribution in [0.15, 0.2) is 48.7 Å². The van der Waals surface area contributed by atoms with Crippen LogP contribution < -0.4 is 15.1 Å². The molecule has 0 aliphatic carbocycles. The number of morpholine rings is 1. The van der Waals surface area contributed by atoms with E-state index in [0.29, 0.717) is 43.7 Å². The number of aryl methyl sites for hydroxylation is 1. The summed E-state index contributed by atoms with van der Waals surface area (Å²) < 4.78 is 10.7. The van der Waals surface area contributed by atoms with Crippen molar-refractivity contribution in [3.8, 4) is 0 Å². The number of rotatable bonds is 10. The van der Waals surface area contributed by atoms with Crippen molar-refractivity contribution in [2.45, 2.75) is 13.5 Å². The first-order valence-electron chi connectivity index (χ1n) is 12.7. The Labute approximate surface area is 223 Å². The zero-order chi connectivity index (χ0) is 27.1. The lowest BCUT2D eigenvalue weighted by Crippen LogP contribution is -2.36. The number of benzene rings is 2. The second kappa shape index (κ2) is 12.7. The van der Waals surface area contributed by atoms with E-state index in [4.69, 9.17) is 14.5 Å². The molecule has 4 rings (SSSR count). The van der Waals surface area contributed by atoms with Crippen LogP contribution in [0.1, 0.15) is 21.5 Å².